The van der Waals surface area contributed by atoms with Crippen molar-refractivity contribution < 1.29 is 4.42 Å². The third-order valence-corrected chi connectivity index (χ3v) is 12.3. The maximum Gasteiger partial charge on any atom is 0.167 e. The molecule has 0 N–H and O–H groups in total. The minimum atomic E-state index is 0.552. The van der Waals surface area contributed by atoms with Gasteiger partial charge in [-0.25, -0.2) is 15.0 Å². The first-order valence-corrected chi connectivity index (χ1v) is 19.4. The first-order chi connectivity index (χ1) is 27.2. The molecule has 0 aliphatic heterocycles. The van der Waals surface area contributed by atoms with Crippen molar-refractivity contribution in [2.75, 3.05) is 0 Å². The summed E-state index contributed by atoms with van der Waals surface area (Å²) in [5, 5.41) is 7.27. The van der Waals surface area contributed by atoms with Crippen LogP contribution in [0.15, 0.2) is 168 Å². The molecule has 3 heterocycles. The van der Waals surface area contributed by atoms with E-state index in [2.05, 4.69) is 121 Å². The van der Waals surface area contributed by atoms with Gasteiger partial charge in [-0.3, -0.25) is 0 Å². The van der Waals surface area contributed by atoms with E-state index in [1.165, 1.54) is 69.9 Å². The van der Waals surface area contributed by atoms with Gasteiger partial charge in [-0.2, -0.15) is 0 Å². The quantitative estimate of drug-likeness (QED) is 0.178. The van der Waals surface area contributed by atoms with E-state index >= 15 is 0 Å². The van der Waals surface area contributed by atoms with Crippen LogP contribution in [0.25, 0.3) is 109 Å². The molecule has 3 aromatic heterocycles. The monoisotopic (exact) mass is 719 g/mol. The second-order valence-corrected chi connectivity index (χ2v) is 15.3. The predicted molar refractivity (Wildman–Crippen MR) is 227 cm³/mol. The predicted octanol–water partition coefficient (Wildman–Crippen LogP) is 13.5. The smallest absolute Gasteiger partial charge is 0.167 e. The molecule has 0 bridgehead atoms. The van der Waals surface area contributed by atoms with E-state index in [1.54, 1.807) is 0 Å². The molecule has 0 radical (unpaired) electrons. The third kappa shape index (κ3) is 4.67. The van der Waals surface area contributed by atoms with Crippen LogP contribution in [0.1, 0.15) is 11.4 Å². The highest BCUT2D eigenvalue weighted by Gasteiger charge is 2.25. The van der Waals surface area contributed by atoms with Gasteiger partial charge in [-0.1, -0.05) is 133 Å². The number of para-hydroxylation sites is 2. The zero-order valence-corrected chi connectivity index (χ0v) is 30.3. The first-order valence-electron chi connectivity index (χ1n) is 18.6. The number of fused-ring (bicyclic) bond motifs is 9. The summed E-state index contributed by atoms with van der Waals surface area (Å²) in [6.07, 6.45) is 0.552. The molecule has 0 atom stereocenters. The second kappa shape index (κ2) is 11.8. The molecule has 0 saturated heterocycles. The molecule has 256 valence electrons. The SMILES string of the molecule is c1ccc(-c2nc(Cc3cccc4sc5ccc(-c6cccc7c6-c6cccc8cccc-7c68)cc5c34)nc(-c3cccc4c3oc3ccccc34)n2)cc1. The van der Waals surface area contributed by atoms with Crippen LogP contribution in [0.5, 0.6) is 0 Å². The summed E-state index contributed by atoms with van der Waals surface area (Å²) >= 11 is 1.84. The van der Waals surface area contributed by atoms with Crippen molar-refractivity contribution in [2.24, 2.45) is 0 Å². The Morgan fingerprint density at radius 1 is 0.455 bits per heavy atom. The van der Waals surface area contributed by atoms with Crippen LogP contribution < -0.4 is 0 Å². The Morgan fingerprint density at radius 3 is 2.11 bits per heavy atom. The number of aromatic nitrogens is 3. The molecule has 4 nitrogen and oxygen atoms in total. The van der Waals surface area contributed by atoms with Gasteiger partial charge in [0.25, 0.3) is 0 Å². The molecule has 12 rings (SSSR count). The number of furan rings is 1. The van der Waals surface area contributed by atoms with E-state index < -0.39 is 0 Å². The van der Waals surface area contributed by atoms with Crippen molar-refractivity contribution in [1.82, 2.24) is 15.0 Å². The summed E-state index contributed by atoms with van der Waals surface area (Å²) in [5.74, 6) is 1.96. The van der Waals surface area contributed by atoms with E-state index in [9.17, 15) is 0 Å². The van der Waals surface area contributed by atoms with Crippen molar-refractivity contribution in [3.05, 3.63) is 175 Å². The minimum absolute atomic E-state index is 0.552. The fourth-order valence-corrected chi connectivity index (χ4v) is 9.86. The number of nitrogens with zero attached hydrogens (tertiary/aromatic N) is 3. The Morgan fingerprint density at radius 2 is 1.18 bits per heavy atom. The molecule has 0 amide bonds. The standard InChI is InChI=1S/C50H29N3OS/c1-2-11-30(12-3-1)49-51-44(52-50(53-49)39-22-10-20-37-34-16-4-5-23-41(34)54-48(37)39)28-32-15-8-24-43-46(32)40-27-31(25-26-42(40)55-43)33-17-9-19-36-35-18-6-13-29-14-7-21-38(45(29)35)47(33)36/h1-27H,28H2. The van der Waals surface area contributed by atoms with Gasteiger partial charge in [-0.05, 0) is 80.0 Å². The zero-order chi connectivity index (χ0) is 36.0. The number of hydrogen-bond donors (Lipinski definition) is 0. The summed E-state index contributed by atoms with van der Waals surface area (Å²) < 4.78 is 8.97. The average molecular weight is 720 g/mol. The number of hydrogen-bond acceptors (Lipinski definition) is 5. The lowest BCUT2D eigenvalue weighted by Gasteiger charge is -2.12. The Hall–Kier alpha value is -6.95. The van der Waals surface area contributed by atoms with Crippen LogP contribution in [-0.2, 0) is 6.42 Å². The molecule has 11 aromatic rings. The number of rotatable bonds is 5. The Bertz CT molecular complexity index is 3350. The lowest BCUT2D eigenvalue weighted by atomic mass is 9.92. The number of benzene rings is 8. The zero-order valence-electron chi connectivity index (χ0n) is 29.5. The van der Waals surface area contributed by atoms with Gasteiger partial charge in [0, 0.05) is 42.9 Å². The van der Waals surface area contributed by atoms with E-state index in [1.807, 2.05) is 53.8 Å². The van der Waals surface area contributed by atoms with Crippen molar-refractivity contribution in [3.8, 4) is 56.2 Å². The second-order valence-electron chi connectivity index (χ2n) is 14.3. The Kier molecular flexibility index (Phi) is 6.53. The molecular weight excluding hydrogens is 691 g/mol. The highest BCUT2D eigenvalue weighted by Crippen LogP contribution is 2.51. The van der Waals surface area contributed by atoms with Crippen molar-refractivity contribution in [2.45, 2.75) is 6.42 Å². The first kappa shape index (κ1) is 30.5. The number of thiophene rings is 1. The van der Waals surface area contributed by atoms with E-state index in [4.69, 9.17) is 19.4 Å². The summed E-state index contributed by atoms with van der Waals surface area (Å²) in [7, 11) is 0. The molecule has 0 unspecified atom stereocenters. The Labute approximate surface area is 320 Å². The molecule has 55 heavy (non-hydrogen) atoms. The van der Waals surface area contributed by atoms with Gasteiger partial charge in [-0.15, -0.1) is 11.3 Å². The Balaban J connectivity index is 1.02. The fourth-order valence-electron chi connectivity index (χ4n) is 8.73. The van der Waals surface area contributed by atoms with Gasteiger partial charge in [0.15, 0.2) is 11.6 Å². The fraction of sp³-hybridized carbons (Fsp3) is 0.0200. The molecule has 0 saturated carbocycles. The summed E-state index contributed by atoms with van der Waals surface area (Å²) in [5.41, 5.74) is 12.3. The summed E-state index contributed by atoms with van der Waals surface area (Å²) in [4.78, 5) is 15.4. The molecule has 1 aliphatic carbocycles. The van der Waals surface area contributed by atoms with Gasteiger partial charge in [0.1, 0.15) is 17.0 Å². The van der Waals surface area contributed by atoms with Crippen molar-refractivity contribution in [1.29, 1.82) is 0 Å². The van der Waals surface area contributed by atoms with E-state index in [0.717, 1.165) is 33.1 Å². The molecule has 5 heteroatoms. The van der Waals surface area contributed by atoms with Gasteiger partial charge in [0.05, 0.1) is 5.56 Å². The van der Waals surface area contributed by atoms with Crippen LogP contribution in [-0.4, -0.2) is 15.0 Å². The van der Waals surface area contributed by atoms with Crippen LogP contribution in [0.3, 0.4) is 0 Å². The molecule has 0 spiro atoms. The topological polar surface area (TPSA) is 51.8 Å². The average Bonchev–Trinajstić information content (AvgIpc) is 3.92. The lowest BCUT2D eigenvalue weighted by molar-refractivity contribution is 0.669. The van der Waals surface area contributed by atoms with Crippen LogP contribution >= 0.6 is 11.3 Å². The van der Waals surface area contributed by atoms with Crippen LogP contribution in [0, 0.1) is 0 Å². The summed E-state index contributed by atoms with van der Waals surface area (Å²) in [6.45, 7) is 0. The molecule has 0 fully saturated rings. The lowest BCUT2D eigenvalue weighted by Crippen LogP contribution is -2.04. The van der Waals surface area contributed by atoms with Crippen LogP contribution in [0.2, 0.25) is 0 Å². The molecule has 1 aliphatic rings. The summed E-state index contributed by atoms with van der Waals surface area (Å²) in [6, 6.07) is 58.2. The van der Waals surface area contributed by atoms with Crippen molar-refractivity contribution in [3.63, 3.8) is 0 Å². The van der Waals surface area contributed by atoms with Gasteiger partial charge >= 0.3 is 0 Å². The molecular formula is C50H29N3OS. The van der Waals surface area contributed by atoms with Gasteiger partial charge < -0.3 is 4.42 Å². The normalized spacial score (nSPS) is 12.1. The van der Waals surface area contributed by atoms with E-state index in [0.29, 0.717) is 23.9 Å². The van der Waals surface area contributed by atoms with Crippen molar-refractivity contribution >= 4 is 64.2 Å². The largest absolute Gasteiger partial charge is 0.455 e. The van der Waals surface area contributed by atoms with Crippen LogP contribution in [0.4, 0.5) is 0 Å². The highest BCUT2D eigenvalue weighted by atomic mass is 32.1. The van der Waals surface area contributed by atoms with Gasteiger partial charge in [0.2, 0.25) is 0 Å². The maximum absolute atomic E-state index is 6.45. The maximum atomic E-state index is 6.45. The van der Waals surface area contributed by atoms with E-state index in [-0.39, 0.29) is 0 Å². The highest BCUT2D eigenvalue weighted by molar-refractivity contribution is 7.25. The minimum Gasteiger partial charge on any atom is -0.455 e. The molecule has 8 aromatic carbocycles. The third-order valence-electron chi connectivity index (χ3n) is 11.1.